The van der Waals surface area contributed by atoms with Crippen molar-refractivity contribution in [1.29, 1.82) is 0 Å². The van der Waals surface area contributed by atoms with Gasteiger partial charge in [-0.3, -0.25) is 4.68 Å². The molecule has 1 aromatic carbocycles. The van der Waals surface area contributed by atoms with Crippen LogP contribution in [0.3, 0.4) is 0 Å². The summed E-state index contributed by atoms with van der Waals surface area (Å²) in [5.74, 6) is 0.367. The first kappa shape index (κ1) is 15.0. The number of rotatable bonds is 5. The highest BCUT2D eigenvalue weighted by Gasteiger charge is 2.26. The highest BCUT2D eigenvalue weighted by Crippen LogP contribution is 2.34. The van der Waals surface area contributed by atoms with E-state index in [4.69, 9.17) is 4.74 Å². The molecule has 0 fully saturated rings. The van der Waals surface area contributed by atoms with Crippen molar-refractivity contribution in [3.8, 4) is 5.75 Å². The summed E-state index contributed by atoms with van der Waals surface area (Å²) in [6, 6.07) is 4.60. The Morgan fingerprint density at radius 1 is 1.50 bits per heavy atom. The molecule has 1 heterocycles. The topological polar surface area (TPSA) is 39.1 Å². The molecular formula is C14H17BrFN3O. The Kier molecular flexibility index (Phi) is 4.77. The number of hydrogen-bond acceptors (Lipinski definition) is 3. The first-order chi connectivity index (χ1) is 9.63. The van der Waals surface area contributed by atoms with Gasteiger partial charge in [-0.25, -0.2) is 4.39 Å². The summed E-state index contributed by atoms with van der Waals surface area (Å²) in [6.45, 7) is 2.67. The number of nitrogens with zero attached hydrogens (tertiary/aromatic N) is 2. The predicted molar refractivity (Wildman–Crippen MR) is 79.5 cm³/mol. The molecular weight excluding hydrogens is 325 g/mol. The minimum Gasteiger partial charge on any atom is -0.493 e. The molecule has 0 saturated carbocycles. The smallest absolute Gasteiger partial charge is 0.161 e. The molecule has 2 aromatic rings. The Morgan fingerprint density at radius 2 is 2.25 bits per heavy atom. The van der Waals surface area contributed by atoms with E-state index in [0.29, 0.717) is 22.3 Å². The molecule has 0 amide bonds. The van der Waals surface area contributed by atoms with E-state index in [9.17, 15) is 4.39 Å². The largest absolute Gasteiger partial charge is 0.493 e. The number of nitrogens with one attached hydrogen (secondary N) is 1. The zero-order chi connectivity index (χ0) is 14.7. The van der Waals surface area contributed by atoms with Crippen molar-refractivity contribution in [2.45, 2.75) is 19.5 Å². The molecule has 2 rings (SSSR count). The van der Waals surface area contributed by atoms with Crippen molar-refractivity contribution < 1.29 is 9.13 Å². The molecule has 0 bridgehead atoms. The molecule has 0 spiro atoms. The summed E-state index contributed by atoms with van der Waals surface area (Å²) >= 11 is 3.42. The van der Waals surface area contributed by atoms with Crippen LogP contribution in [0, 0.1) is 5.82 Å². The van der Waals surface area contributed by atoms with Crippen LogP contribution in [0.2, 0.25) is 0 Å². The van der Waals surface area contributed by atoms with Gasteiger partial charge in [-0.05, 0) is 26.1 Å². The maximum atomic E-state index is 14.2. The van der Waals surface area contributed by atoms with Gasteiger partial charge in [-0.15, -0.1) is 0 Å². The second-order valence-electron chi connectivity index (χ2n) is 4.27. The number of ether oxygens (including phenoxy) is 1. The molecule has 0 aliphatic rings. The quantitative estimate of drug-likeness (QED) is 0.908. The SMILES string of the molecule is CCn1ncc(OC)c1C(NC)c1c(F)cccc1Br. The van der Waals surface area contributed by atoms with Crippen LogP contribution >= 0.6 is 15.9 Å². The third-order valence-corrected chi connectivity index (χ3v) is 3.91. The number of methoxy groups -OCH3 is 1. The fraction of sp³-hybridized carbons (Fsp3) is 0.357. The molecule has 4 nitrogen and oxygen atoms in total. The van der Waals surface area contributed by atoms with Crippen LogP contribution < -0.4 is 10.1 Å². The summed E-state index contributed by atoms with van der Waals surface area (Å²) in [6.07, 6.45) is 1.65. The van der Waals surface area contributed by atoms with Crippen LogP contribution in [0.25, 0.3) is 0 Å². The molecule has 1 atom stereocenters. The van der Waals surface area contributed by atoms with Gasteiger partial charge in [0.25, 0.3) is 0 Å². The van der Waals surface area contributed by atoms with E-state index < -0.39 is 0 Å². The van der Waals surface area contributed by atoms with Gasteiger partial charge in [0.05, 0.1) is 19.3 Å². The van der Waals surface area contributed by atoms with Gasteiger partial charge in [-0.2, -0.15) is 5.10 Å². The van der Waals surface area contributed by atoms with E-state index in [1.165, 1.54) is 6.07 Å². The summed E-state index contributed by atoms with van der Waals surface area (Å²) in [4.78, 5) is 0. The van der Waals surface area contributed by atoms with E-state index in [-0.39, 0.29) is 11.9 Å². The minimum absolute atomic E-state index is 0.273. The third-order valence-electron chi connectivity index (χ3n) is 3.21. The van der Waals surface area contributed by atoms with Gasteiger partial charge in [-0.1, -0.05) is 22.0 Å². The van der Waals surface area contributed by atoms with Gasteiger partial charge in [0.2, 0.25) is 0 Å². The highest BCUT2D eigenvalue weighted by atomic mass is 79.9. The average molecular weight is 342 g/mol. The third kappa shape index (κ3) is 2.58. The molecule has 6 heteroatoms. The first-order valence-electron chi connectivity index (χ1n) is 6.34. The Hall–Kier alpha value is -1.40. The van der Waals surface area contributed by atoms with Crippen LogP contribution in [-0.4, -0.2) is 23.9 Å². The maximum Gasteiger partial charge on any atom is 0.161 e. The van der Waals surface area contributed by atoms with Gasteiger partial charge in [0, 0.05) is 16.6 Å². The normalized spacial score (nSPS) is 12.4. The lowest BCUT2D eigenvalue weighted by Crippen LogP contribution is -2.23. The predicted octanol–water partition coefficient (Wildman–Crippen LogP) is 3.12. The van der Waals surface area contributed by atoms with Crippen LogP contribution in [0.4, 0.5) is 4.39 Å². The molecule has 1 unspecified atom stereocenters. The molecule has 1 aromatic heterocycles. The molecule has 1 N–H and O–H groups in total. The van der Waals surface area contributed by atoms with E-state index in [1.807, 2.05) is 13.0 Å². The summed E-state index contributed by atoms with van der Waals surface area (Å²) in [5.41, 5.74) is 1.35. The molecule has 0 saturated heterocycles. The summed E-state index contributed by atoms with van der Waals surface area (Å²) in [7, 11) is 3.37. The zero-order valence-corrected chi connectivity index (χ0v) is 13.2. The number of halogens is 2. The fourth-order valence-corrected chi connectivity index (χ4v) is 2.85. The Bertz CT molecular complexity index is 558. The Morgan fingerprint density at radius 3 is 2.80 bits per heavy atom. The van der Waals surface area contributed by atoms with Crippen molar-refractivity contribution in [3.63, 3.8) is 0 Å². The number of aryl methyl sites for hydroxylation is 1. The van der Waals surface area contributed by atoms with Gasteiger partial charge < -0.3 is 10.1 Å². The van der Waals surface area contributed by atoms with Crippen molar-refractivity contribution in [2.75, 3.05) is 14.2 Å². The van der Waals surface area contributed by atoms with Gasteiger partial charge in [0.15, 0.2) is 5.75 Å². The number of aromatic nitrogens is 2. The van der Waals surface area contributed by atoms with E-state index in [0.717, 1.165) is 5.69 Å². The summed E-state index contributed by atoms with van der Waals surface area (Å²) < 4.78 is 22.1. The average Bonchev–Trinajstić information content (AvgIpc) is 2.85. The van der Waals surface area contributed by atoms with Crippen LogP contribution in [0.1, 0.15) is 24.2 Å². The van der Waals surface area contributed by atoms with Crippen LogP contribution in [0.5, 0.6) is 5.75 Å². The summed E-state index contributed by atoms with van der Waals surface area (Å²) in [5, 5.41) is 7.41. The fourth-order valence-electron chi connectivity index (χ4n) is 2.28. The second kappa shape index (κ2) is 6.37. The highest BCUT2D eigenvalue weighted by molar-refractivity contribution is 9.10. The first-order valence-corrected chi connectivity index (χ1v) is 7.14. The van der Waals surface area contributed by atoms with E-state index >= 15 is 0 Å². The van der Waals surface area contributed by atoms with Crippen molar-refractivity contribution >= 4 is 15.9 Å². The molecule has 108 valence electrons. The van der Waals surface area contributed by atoms with Gasteiger partial charge in [0.1, 0.15) is 11.5 Å². The zero-order valence-electron chi connectivity index (χ0n) is 11.7. The lowest BCUT2D eigenvalue weighted by atomic mass is 10.0. The second-order valence-corrected chi connectivity index (χ2v) is 5.13. The molecule has 0 radical (unpaired) electrons. The number of hydrogen-bond donors (Lipinski definition) is 1. The lowest BCUT2D eigenvalue weighted by Gasteiger charge is -2.21. The minimum atomic E-state index is -0.344. The molecule has 0 aliphatic heterocycles. The standard InChI is InChI=1S/C14H17BrFN3O/c1-4-19-14(11(20-3)8-18-19)13(17-2)12-9(15)6-5-7-10(12)16/h5-8,13,17H,4H2,1-3H3. The Labute approximate surface area is 126 Å². The van der Waals surface area contributed by atoms with E-state index in [1.54, 1.807) is 31.1 Å². The van der Waals surface area contributed by atoms with Crippen molar-refractivity contribution in [2.24, 2.45) is 0 Å². The number of benzene rings is 1. The van der Waals surface area contributed by atoms with Crippen molar-refractivity contribution in [3.05, 3.63) is 45.9 Å². The maximum absolute atomic E-state index is 14.2. The molecule has 0 aliphatic carbocycles. The lowest BCUT2D eigenvalue weighted by molar-refractivity contribution is 0.399. The van der Waals surface area contributed by atoms with Gasteiger partial charge >= 0.3 is 0 Å². The molecule has 20 heavy (non-hydrogen) atoms. The van der Waals surface area contributed by atoms with E-state index in [2.05, 4.69) is 26.3 Å². The Balaban J connectivity index is 2.61. The van der Waals surface area contributed by atoms with Crippen molar-refractivity contribution in [1.82, 2.24) is 15.1 Å². The van der Waals surface area contributed by atoms with Crippen LogP contribution in [0.15, 0.2) is 28.9 Å². The van der Waals surface area contributed by atoms with Crippen LogP contribution in [-0.2, 0) is 6.54 Å². The monoisotopic (exact) mass is 341 g/mol.